The summed E-state index contributed by atoms with van der Waals surface area (Å²) < 4.78 is 14.0. The molecule has 0 bridgehead atoms. The molecule has 0 saturated heterocycles. The summed E-state index contributed by atoms with van der Waals surface area (Å²) in [6, 6.07) is 14.2. The van der Waals surface area contributed by atoms with Gasteiger partial charge in [0.05, 0.1) is 4.47 Å². The first-order valence-corrected chi connectivity index (χ1v) is 9.04. The summed E-state index contributed by atoms with van der Waals surface area (Å²) in [6.07, 6.45) is 2.47. The fourth-order valence-corrected chi connectivity index (χ4v) is 5.33. The maximum atomic E-state index is 13.4. The maximum absolute atomic E-state index is 13.4. The van der Waals surface area contributed by atoms with Gasteiger partial charge in [0.2, 0.25) is 0 Å². The summed E-state index contributed by atoms with van der Waals surface area (Å²) >= 11 is 7.16. The number of hydrogen-bond donors (Lipinski definition) is 0. The lowest BCUT2D eigenvalue weighted by molar-refractivity contribution is 0.615. The first-order valence-electron chi connectivity index (χ1n) is 7.33. The molecule has 21 heavy (non-hydrogen) atoms. The van der Waals surface area contributed by atoms with Crippen LogP contribution in [0.1, 0.15) is 33.9 Å². The summed E-state index contributed by atoms with van der Waals surface area (Å²) in [4.78, 5) is 0.301. The number of halogens is 3. The molecule has 4 atom stereocenters. The molecule has 0 heterocycles. The van der Waals surface area contributed by atoms with Crippen molar-refractivity contribution in [1.29, 1.82) is 0 Å². The highest BCUT2D eigenvalue weighted by molar-refractivity contribution is 9.10. The highest BCUT2D eigenvalue weighted by atomic mass is 79.9. The van der Waals surface area contributed by atoms with Gasteiger partial charge in [0.15, 0.2) is 0 Å². The molecule has 0 radical (unpaired) electrons. The Labute approximate surface area is 141 Å². The van der Waals surface area contributed by atoms with Crippen molar-refractivity contribution in [2.24, 2.45) is 11.8 Å². The van der Waals surface area contributed by atoms with E-state index in [-0.39, 0.29) is 5.82 Å². The number of benzene rings is 2. The molecule has 1 fully saturated rings. The molecule has 0 N–H and O–H groups in total. The molecule has 0 aliphatic heterocycles. The van der Waals surface area contributed by atoms with E-state index in [1.807, 2.05) is 12.1 Å². The number of fused-ring (bicyclic) bond motifs is 3. The van der Waals surface area contributed by atoms with E-state index in [0.29, 0.717) is 21.1 Å². The van der Waals surface area contributed by atoms with Crippen LogP contribution in [-0.4, -0.2) is 0 Å². The van der Waals surface area contributed by atoms with Crippen molar-refractivity contribution in [2.45, 2.75) is 23.6 Å². The van der Waals surface area contributed by atoms with Gasteiger partial charge >= 0.3 is 0 Å². The molecule has 2 aliphatic carbocycles. The number of aryl methyl sites for hydroxylation is 1. The molecule has 4 rings (SSSR count). The average Bonchev–Trinajstić information content (AvgIpc) is 3.24. The van der Waals surface area contributed by atoms with E-state index in [4.69, 9.17) is 0 Å². The molecular weight excluding hydrogens is 395 g/mol. The van der Waals surface area contributed by atoms with Gasteiger partial charge in [-0.25, -0.2) is 4.39 Å². The van der Waals surface area contributed by atoms with Crippen molar-refractivity contribution in [2.75, 3.05) is 0 Å². The van der Waals surface area contributed by atoms with Crippen LogP contribution >= 0.6 is 31.9 Å². The number of rotatable bonds is 2. The molecular formula is C18H15Br2F. The molecule has 2 aromatic rings. The monoisotopic (exact) mass is 408 g/mol. The Morgan fingerprint density at radius 3 is 2.76 bits per heavy atom. The average molecular weight is 410 g/mol. The lowest BCUT2D eigenvalue weighted by Gasteiger charge is -2.13. The molecule has 3 heteroatoms. The van der Waals surface area contributed by atoms with Crippen LogP contribution < -0.4 is 0 Å². The minimum Gasteiger partial charge on any atom is -0.206 e. The minimum absolute atomic E-state index is 0.197. The van der Waals surface area contributed by atoms with E-state index in [2.05, 4.69) is 56.1 Å². The Bertz CT molecular complexity index is 697. The zero-order chi connectivity index (χ0) is 14.6. The third-order valence-electron chi connectivity index (χ3n) is 4.99. The Kier molecular flexibility index (Phi) is 3.46. The summed E-state index contributed by atoms with van der Waals surface area (Å²) in [7, 11) is 0. The van der Waals surface area contributed by atoms with Crippen molar-refractivity contribution < 1.29 is 4.39 Å². The van der Waals surface area contributed by atoms with Crippen molar-refractivity contribution in [1.82, 2.24) is 0 Å². The summed E-state index contributed by atoms with van der Waals surface area (Å²) in [5.41, 5.74) is 4.21. The zero-order valence-electron chi connectivity index (χ0n) is 11.4. The van der Waals surface area contributed by atoms with E-state index in [0.717, 1.165) is 5.92 Å². The van der Waals surface area contributed by atoms with Crippen LogP contribution in [0, 0.1) is 17.7 Å². The second-order valence-corrected chi connectivity index (χ2v) is 7.92. The maximum Gasteiger partial charge on any atom is 0.137 e. The molecule has 1 saturated carbocycles. The normalized spacial score (nSPS) is 27.7. The molecule has 0 amide bonds. The van der Waals surface area contributed by atoms with Crippen LogP contribution in [0.2, 0.25) is 0 Å². The van der Waals surface area contributed by atoms with E-state index >= 15 is 0 Å². The predicted molar refractivity (Wildman–Crippen MR) is 90.3 cm³/mol. The SMILES string of the molecule is Fc1ccc(C(Br)C2C3CCc4ccccc4C32)cc1Br. The van der Waals surface area contributed by atoms with Crippen molar-refractivity contribution >= 4 is 31.9 Å². The Morgan fingerprint density at radius 2 is 1.95 bits per heavy atom. The molecule has 0 spiro atoms. The van der Waals surface area contributed by atoms with Crippen LogP contribution in [0.5, 0.6) is 0 Å². The lowest BCUT2D eigenvalue weighted by atomic mass is 9.92. The second-order valence-electron chi connectivity index (χ2n) is 6.08. The molecule has 4 unspecified atom stereocenters. The number of alkyl halides is 1. The largest absolute Gasteiger partial charge is 0.206 e. The smallest absolute Gasteiger partial charge is 0.137 e. The molecule has 108 valence electrons. The molecule has 0 aromatic heterocycles. The Hall–Kier alpha value is -0.670. The number of hydrogen-bond acceptors (Lipinski definition) is 0. The van der Waals surface area contributed by atoms with Gasteiger partial charge in [0, 0.05) is 4.83 Å². The molecule has 2 aliphatic rings. The minimum atomic E-state index is -0.197. The quantitative estimate of drug-likeness (QED) is 0.533. The van der Waals surface area contributed by atoms with Gasteiger partial charge in [-0.2, -0.15) is 0 Å². The van der Waals surface area contributed by atoms with Crippen LogP contribution in [0.3, 0.4) is 0 Å². The highest BCUT2D eigenvalue weighted by Gasteiger charge is 2.55. The van der Waals surface area contributed by atoms with Gasteiger partial charge in [-0.05, 0) is 75.3 Å². The van der Waals surface area contributed by atoms with Crippen molar-refractivity contribution in [3.8, 4) is 0 Å². The first-order chi connectivity index (χ1) is 10.2. The van der Waals surface area contributed by atoms with Crippen LogP contribution in [0.15, 0.2) is 46.9 Å². The predicted octanol–water partition coefficient (Wildman–Crippen LogP) is 6.00. The summed E-state index contributed by atoms with van der Waals surface area (Å²) in [5.74, 6) is 1.87. The van der Waals surface area contributed by atoms with Gasteiger partial charge in [-0.3, -0.25) is 0 Å². The van der Waals surface area contributed by atoms with Gasteiger partial charge in [0.1, 0.15) is 5.82 Å². The zero-order valence-corrected chi connectivity index (χ0v) is 14.6. The van der Waals surface area contributed by atoms with E-state index in [1.54, 1.807) is 6.07 Å². The van der Waals surface area contributed by atoms with Gasteiger partial charge in [0.25, 0.3) is 0 Å². The standard InChI is InChI=1S/C18H15Br2F/c19-14-9-11(6-8-15(14)21)18(20)17-13-7-5-10-3-1-2-4-12(10)16(13)17/h1-4,6,8-9,13,16-18H,5,7H2. The van der Waals surface area contributed by atoms with Crippen molar-refractivity contribution in [3.05, 3.63) is 69.4 Å². The van der Waals surface area contributed by atoms with Gasteiger partial charge < -0.3 is 0 Å². The first kappa shape index (κ1) is 14.0. The molecule has 0 nitrogen and oxygen atoms in total. The second kappa shape index (κ2) is 5.20. The van der Waals surface area contributed by atoms with Crippen LogP contribution in [0.4, 0.5) is 4.39 Å². The van der Waals surface area contributed by atoms with Crippen molar-refractivity contribution in [3.63, 3.8) is 0 Å². The van der Waals surface area contributed by atoms with E-state index in [9.17, 15) is 4.39 Å². The third-order valence-corrected chi connectivity index (χ3v) is 6.74. The summed E-state index contributed by atoms with van der Waals surface area (Å²) in [6.45, 7) is 0. The lowest BCUT2D eigenvalue weighted by Crippen LogP contribution is -2.00. The van der Waals surface area contributed by atoms with Gasteiger partial charge in [-0.1, -0.05) is 46.3 Å². The summed E-state index contributed by atoms with van der Waals surface area (Å²) in [5, 5.41) is 0. The van der Waals surface area contributed by atoms with Crippen LogP contribution in [0.25, 0.3) is 0 Å². The van der Waals surface area contributed by atoms with Gasteiger partial charge in [-0.15, -0.1) is 0 Å². The fourth-order valence-electron chi connectivity index (χ4n) is 3.92. The third kappa shape index (κ3) is 2.29. The molecule has 2 aromatic carbocycles. The van der Waals surface area contributed by atoms with E-state index < -0.39 is 0 Å². The fraction of sp³-hybridized carbons (Fsp3) is 0.333. The van der Waals surface area contributed by atoms with E-state index in [1.165, 1.54) is 29.5 Å². The Balaban J connectivity index is 1.63. The van der Waals surface area contributed by atoms with Crippen LogP contribution in [-0.2, 0) is 6.42 Å². The Morgan fingerprint density at radius 1 is 1.14 bits per heavy atom. The highest BCUT2D eigenvalue weighted by Crippen LogP contribution is 2.66. The topological polar surface area (TPSA) is 0 Å².